The summed E-state index contributed by atoms with van der Waals surface area (Å²) in [5.41, 5.74) is 3.29. The van der Waals surface area contributed by atoms with Crippen LogP contribution in [0.15, 0.2) is 36.8 Å². The average Bonchev–Trinajstić information content (AvgIpc) is 2.92. The van der Waals surface area contributed by atoms with Crippen LogP contribution in [0.4, 0.5) is 5.69 Å². The number of rotatable bonds is 3. The van der Waals surface area contributed by atoms with Crippen LogP contribution in [-0.2, 0) is 13.6 Å². The van der Waals surface area contributed by atoms with Crippen LogP contribution in [0.5, 0.6) is 0 Å². The van der Waals surface area contributed by atoms with E-state index in [0.717, 1.165) is 22.8 Å². The number of nitrogens with zero attached hydrogens (tertiary/aromatic N) is 2. The zero-order chi connectivity index (χ0) is 12.5. The van der Waals surface area contributed by atoms with Gasteiger partial charge in [0.1, 0.15) is 0 Å². The first kappa shape index (κ1) is 11.2. The van der Waals surface area contributed by atoms with Gasteiger partial charge in [0.15, 0.2) is 0 Å². The average molecular weight is 261 g/mol. The van der Waals surface area contributed by atoms with Crippen molar-refractivity contribution in [1.82, 2.24) is 14.8 Å². The minimum atomic E-state index is 0.746. The molecule has 92 valence electrons. The highest BCUT2D eigenvalue weighted by Crippen LogP contribution is 2.22. The lowest BCUT2D eigenvalue weighted by Crippen LogP contribution is -1.97. The molecule has 2 heterocycles. The lowest BCUT2D eigenvalue weighted by molar-refractivity contribution is 0.768. The van der Waals surface area contributed by atoms with Gasteiger partial charge in [-0.05, 0) is 17.7 Å². The maximum Gasteiger partial charge on any atom is 0.0729 e. The van der Waals surface area contributed by atoms with Crippen LogP contribution in [0.1, 0.15) is 5.56 Å². The maximum atomic E-state index is 5.96. The van der Waals surface area contributed by atoms with Crippen molar-refractivity contribution >= 4 is 28.2 Å². The molecule has 0 aliphatic heterocycles. The smallest absolute Gasteiger partial charge is 0.0729 e. The van der Waals surface area contributed by atoms with Crippen LogP contribution in [0.2, 0.25) is 5.02 Å². The van der Waals surface area contributed by atoms with E-state index >= 15 is 0 Å². The van der Waals surface area contributed by atoms with Crippen LogP contribution in [0.3, 0.4) is 0 Å². The fourth-order valence-electron chi connectivity index (χ4n) is 2.01. The van der Waals surface area contributed by atoms with Crippen LogP contribution >= 0.6 is 11.6 Å². The molecule has 5 heteroatoms. The molecule has 2 aromatic heterocycles. The van der Waals surface area contributed by atoms with Gasteiger partial charge in [0, 0.05) is 41.9 Å². The Morgan fingerprint density at radius 2 is 2.33 bits per heavy atom. The molecule has 18 heavy (non-hydrogen) atoms. The largest absolute Gasteiger partial charge is 0.378 e. The predicted octanol–water partition coefficient (Wildman–Crippen LogP) is 3.17. The van der Waals surface area contributed by atoms with Crippen molar-refractivity contribution in [2.75, 3.05) is 5.32 Å². The van der Waals surface area contributed by atoms with Gasteiger partial charge in [-0.15, -0.1) is 0 Å². The third-order valence-electron chi connectivity index (χ3n) is 2.92. The van der Waals surface area contributed by atoms with Crippen molar-refractivity contribution < 1.29 is 0 Å². The van der Waals surface area contributed by atoms with E-state index in [1.54, 1.807) is 4.68 Å². The Kier molecular flexibility index (Phi) is 2.72. The summed E-state index contributed by atoms with van der Waals surface area (Å²) in [4.78, 5) is 3.23. The van der Waals surface area contributed by atoms with E-state index in [1.807, 2.05) is 43.8 Å². The van der Waals surface area contributed by atoms with Crippen molar-refractivity contribution in [3.05, 3.63) is 47.4 Å². The van der Waals surface area contributed by atoms with E-state index in [9.17, 15) is 0 Å². The van der Waals surface area contributed by atoms with Gasteiger partial charge in [0.25, 0.3) is 0 Å². The molecular weight excluding hydrogens is 248 g/mol. The third kappa shape index (κ3) is 2.07. The molecule has 0 aliphatic rings. The third-order valence-corrected chi connectivity index (χ3v) is 3.15. The van der Waals surface area contributed by atoms with Gasteiger partial charge in [-0.3, -0.25) is 4.68 Å². The first-order chi connectivity index (χ1) is 8.72. The van der Waals surface area contributed by atoms with Gasteiger partial charge in [0.05, 0.1) is 11.9 Å². The number of H-pyrrole nitrogens is 1. The molecular formula is C13H13ClN4. The topological polar surface area (TPSA) is 45.6 Å². The summed E-state index contributed by atoms with van der Waals surface area (Å²) in [7, 11) is 1.90. The first-order valence-electron chi connectivity index (χ1n) is 5.70. The van der Waals surface area contributed by atoms with Gasteiger partial charge >= 0.3 is 0 Å². The monoisotopic (exact) mass is 260 g/mol. The summed E-state index contributed by atoms with van der Waals surface area (Å²) in [6.07, 6.45) is 5.77. The van der Waals surface area contributed by atoms with E-state index in [0.29, 0.717) is 0 Å². The molecule has 0 unspecified atom stereocenters. The quantitative estimate of drug-likeness (QED) is 0.760. The lowest BCUT2D eigenvalue weighted by atomic mass is 10.2. The van der Waals surface area contributed by atoms with Gasteiger partial charge in [-0.2, -0.15) is 5.10 Å². The number of anilines is 1. The first-order valence-corrected chi connectivity index (χ1v) is 6.08. The molecule has 2 N–H and O–H groups in total. The number of hydrogen-bond donors (Lipinski definition) is 2. The summed E-state index contributed by atoms with van der Waals surface area (Å²) in [5, 5.41) is 9.39. The second kappa shape index (κ2) is 4.38. The summed E-state index contributed by atoms with van der Waals surface area (Å²) >= 11 is 5.96. The highest BCUT2D eigenvalue weighted by Gasteiger charge is 2.04. The number of benzene rings is 1. The number of nitrogens with one attached hydrogen (secondary N) is 2. The Labute approximate surface area is 110 Å². The lowest BCUT2D eigenvalue weighted by Gasteiger charge is -2.02. The highest BCUT2D eigenvalue weighted by molar-refractivity contribution is 6.31. The summed E-state index contributed by atoms with van der Waals surface area (Å²) in [5.74, 6) is 0. The maximum absolute atomic E-state index is 5.96. The molecule has 4 nitrogen and oxygen atoms in total. The fourth-order valence-corrected chi connectivity index (χ4v) is 2.19. The zero-order valence-corrected chi connectivity index (χ0v) is 10.7. The molecule has 0 bridgehead atoms. The molecule has 1 aromatic carbocycles. The SMILES string of the molecule is Cn1cc(NCc2c[nH]c3cc(Cl)ccc23)cn1. The van der Waals surface area contributed by atoms with Crippen molar-refractivity contribution in [3.63, 3.8) is 0 Å². The molecule has 0 amide bonds. The van der Waals surface area contributed by atoms with E-state index in [1.165, 1.54) is 10.9 Å². The molecule has 0 aliphatic carbocycles. The van der Waals surface area contributed by atoms with E-state index in [4.69, 9.17) is 11.6 Å². The van der Waals surface area contributed by atoms with E-state index < -0.39 is 0 Å². The minimum absolute atomic E-state index is 0.746. The van der Waals surface area contributed by atoms with Crippen LogP contribution in [0, 0.1) is 0 Å². The van der Waals surface area contributed by atoms with Gasteiger partial charge < -0.3 is 10.3 Å². The van der Waals surface area contributed by atoms with Gasteiger partial charge in [-0.25, -0.2) is 0 Å². The van der Waals surface area contributed by atoms with Crippen LogP contribution < -0.4 is 5.32 Å². The van der Waals surface area contributed by atoms with Crippen molar-refractivity contribution in [1.29, 1.82) is 0 Å². The van der Waals surface area contributed by atoms with Crippen molar-refractivity contribution in [2.45, 2.75) is 6.54 Å². The second-order valence-corrected chi connectivity index (χ2v) is 4.70. The summed E-state index contributed by atoms with van der Waals surface area (Å²) in [6.45, 7) is 0.757. The summed E-state index contributed by atoms with van der Waals surface area (Å²) in [6, 6.07) is 5.88. The number of aromatic nitrogens is 3. The molecule has 0 atom stereocenters. The highest BCUT2D eigenvalue weighted by atomic mass is 35.5. The number of aryl methyl sites for hydroxylation is 1. The Balaban J connectivity index is 1.82. The fraction of sp³-hybridized carbons (Fsp3) is 0.154. The van der Waals surface area contributed by atoms with E-state index in [-0.39, 0.29) is 0 Å². The Hall–Kier alpha value is -1.94. The van der Waals surface area contributed by atoms with Crippen molar-refractivity contribution in [3.8, 4) is 0 Å². The molecule has 0 radical (unpaired) electrons. The molecule has 0 fully saturated rings. The Morgan fingerprint density at radius 1 is 1.44 bits per heavy atom. The standard InChI is InChI=1S/C13H13ClN4/c1-18-8-11(7-17-18)15-5-9-6-16-13-4-10(14)2-3-12(9)13/h2-4,6-8,15-16H,5H2,1H3. The normalized spacial score (nSPS) is 11.0. The van der Waals surface area contributed by atoms with Crippen LogP contribution in [0.25, 0.3) is 10.9 Å². The molecule has 3 aromatic rings. The number of halogens is 1. The minimum Gasteiger partial charge on any atom is -0.378 e. The number of aromatic amines is 1. The molecule has 3 rings (SSSR count). The Bertz CT molecular complexity index is 683. The zero-order valence-electron chi connectivity index (χ0n) is 9.94. The van der Waals surface area contributed by atoms with Crippen LogP contribution in [-0.4, -0.2) is 14.8 Å². The predicted molar refractivity (Wildman–Crippen MR) is 73.8 cm³/mol. The summed E-state index contributed by atoms with van der Waals surface area (Å²) < 4.78 is 1.78. The Morgan fingerprint density at radius 3 is 3.11 bits per heavy atom. The number of hydrogen-bond acceptors (Lipinski definition) is 2. The van der Waals surface area contributed by atoms with Gasteiger partial charge in [-0.1, -0.05) is 17.7 Å². The molecule has 0 spiro atoms. The molecule has 0 saturated heterocycles. The van der Waals surface area contributed by atoms with Crippen molar-refractivity contribution in [2.24, 2.45) is 7.05 Å². The van der Waals surface area contributed by atoms with Gasteiger partial charge in [0.2, 0.25) is 0 Å². The molecule has 0 saturated carbocycles. The second-order valence-electron chi connectivity index (χ2n) is 4.26. The number of fused-ring (bicyclic) bond motifs is 1. The van der Waals surface area contributed by atoms with E-state index in [2.05, 4.69) is 15.4 Å².